The molecule has 0 aromatic heterocycles. The molecule has 0 fully saturated rings. The lowest BCUT2D eigenvalue weighted by Gasteiger charge is -2.18. The van der Waals surface area contributed by atoms with Gasteiger partial charge in [0.1, 0.15) is 17.5 Å². The topological polar surface area (TPSA) is 103 Å². The standard InChI is InChI=1S/C18H21N3O4/c1-11(20-15-10-14(24-2)8-9-16(15)25-3)18(23)21-13-6-4-12(5-7-13)17(19)22/h4-11,20H,1-3H3,(H2,19,22)(H,21,23). The maximum Gasteiger partial charge on any atom is 0.248 e. The first-order valence-corrected chi connectivity index (χ1v) is 7.64. The number of anilines is 2. The quantitative estimate of drug-likeness (QED) is 0.715. The van der Waals surface area contributed by atoms with Crippen LogP contribution in [-0.2, 0) is 4.79 Å². The molecule has 2 aromatic carbocycles. The number of nitrogens with two attached hydrogens (primary N) is 1. The average Bonchev–Trinajstić information content (AvgIpc) is 2.61. The van der Waals surface area contributed by atoms with Crippen LogP contribution in [0.25, 0.3) is 0 Å². The van der Waals surface area contributed by atoms with Crippen LogP contribution < -0.4 is 25.8 Å². The van der Waals surface area contributed by atoms with Gasteiger partial charge in [0.05, 0.1) is 19.9 Å². The van der Waals surface area contributed by atoms with Gasteiger partial charge in [0.25, 0.3) is 0 Å². The Kier molecular flexibility index (Phi) is 5.84. The molecule has 2 aromatic rings. The third kappa shape index (κ3) is 4.63. The Morgan fingerprint density at radius 1 is 1.04 bits per heavy atom. The first-order chi connectivity index (χ1) is 11.9. The van der Waals surface area contributed by atoms with Crippen LogP contribution in [0.15, 0.2) is 42.5 Å². The first-order valence-electron chi connectivity index (χ1n) is 7.64. The summed E-state index contributed by atoms with van der Waals surface area (Å²) in [6.45, 7) is 1.73. The van der Waals surface area contributed by atoms with Gasteiger partial charge in [-0.2, -0.15) is 0 Å². The van der Waals surface area contributed by atoms with Gasteiger partial charge >= 0.3 is 0 Å². The van der Waals surface area contributed by atoms with Crippen molar-refractivity contribution in [2.24, 2.45) is 5.73 Å². The number of rotatable bonds is 7. The summed E-state index contributed by atoms with van der Waals surface area (Å²) in [7, 11) is 3.12. The normalized spacial score (nSPS) is 11.3. The molecule has 0 aliphatic carbocycles. The molecule has 0 heterocycles. The van der Waals surface area contributed by atoms with E-state index < -0.39 is 11.9 Å². The monoisotopic (exact) mass is 343 g/mol. The predicted octanol–water partition coefficient (Wildman–Crippen LogP) is 2.24. The molecule has 2 amide bonds. The summed E-state index contributed by atoms with van der Waals surface area (Å²) in [6, 6.07) is 11.1. The number of methoxy groups -OCH3 is 2. The fourth-order valence-corrected chi connectivity index (χ4v) is 2.19. The summed E-state index contributed by atoms with van der Waals surface area (Å²) < 4.78 is 10.5. The van der Waals surface area contributed by atoms with Crippen LogP contribution in [0.4, 0.5) is 11.4 Å². The fraction of sp³-hybridized carbons (Fsp3) is 0.222. The van der Waals surface area contributed by atoms with Gasteiger partial charge in [-0.3, -0.25) is 9.59 Å². The van der Waals surface area contributed by atoms with Crippen LogP contribution in [0.5, 0.6) is 11.5 Å². The number of ether oxygens (including phenoxy) is 2. The van der Waals surface area contributed by atoms with Gasteiger partial charge in [-0.1, -0.05) is 0 Å². The van der Waals surface area contributed by atoms with Crippen molar-refractivity contribution < 1.29 is 19.1 Å². The van der Waals surface area contributed by atoms with Crippen molar-refractivity contribution >= 4 is 23.2 Å². The van der Waals surface area contributed by atoms with Gasteiger partial charge in [-0.15, -0.1) is 0 Å². The molecule has 7 nitrogen and oxygen atoms in total. The van der Waals surface area contributed by atoms with Crippen LogP contribution in [-0.4, -0.2) is 32.1 Å². The number of benzene rings is 2. The van der Waals surface area contributed by atoms with E-state index in [1.54, 1.807) is 63.6 Å². The minimum absolute atomic E-state index is 0.239. The molecule has 1 unspecified atom stereocenters. The molecule has 0 saturated carbocycles. The summed E-state index contributed by atoms with van der Waals surface area (Å²) in [5.41, 5.74) is 6.79. The molecule has 0 aliphatic rings. The van der Waals surface area contributed by atoms with Crippen molar-refractivity contribution in [3.05, 3.63) is 48.0 Å². The number of hydrogen-bond acceptors (Lipinski definition) is 5. The lowest BCUT2D eigenvalue weighted by atomic mass is 10.2. The second-order valence-electron chi connectivity index (χ2n) is 5.36. The molecule has 7 heteroatoms. The van der Waals surface area contributed by atoms with Crippen molar-refractivity contribution in [3.63, 3.8) is 0 Å². The van der Waals surface area contributed by atoms with E-state index in [-0.39, 0.29) is 5.91 Å². The molecule has 0 spiro atoms. The molecule has 4 N–H and O–H groups in total. The van der Waals surface area contributed by atoms with Gasteiger partial charge in [0, 0.05) is 17.3 Å². The van der Waals surface area contributed by atoms with E-state index in [9.17, 15) is 9.59 Å². The van der Waals surface area contributed by atoms with Gasteiger partial charge in [-0.05, 0) is 43.3 Å². The summed E-state index contributed by atoms with van der Waals surface area (Å²) in [4.78, 5) is 23.4. The summed E-state index contributed by atoms with van der Waals surface area (Å²) in [5, 5.41) is 5.86. The Bertz CT molecular complexity index is 759. The molecule has 1 atom stereocenters. The molecular weight excluding hydrogens is 322 g/mol. The van der Waals surface area contributed by atoms with E-state index in [4.69, 9.17) is 15.2 Å². The Labute approximate surface area is 146 Å². The van der Waals surface area contributed by atoms with E-state index in [1.165, 1.54) is 0 Å². The van der Waals surface area contributed by atoms with Crippen molar-refractivity contribution in [1.29, 1.82) is 0 Å². The smallest absolute Gasteiger partial charge is 0.248 e. The maximum absolute atomic E-state index is 12.4. The zero-order valence-electron chi connectivity index (χ0n) is 14.3. The van der Waals surface area contributed by atoms with E-state index in [0.717, 1.165) is 0 Å². The molecule has 0 bridgehead atoms. The van der Waals surface area contributed by atoms with Gasteiger partial charge in [-0.25, -0.2) is 0 Å². The minimum atomic E-state index is -0.531. The van der Waals surface area contributed by atoms with Gasteiger partial charge in [0.2, 0.25) is 11.8 Å². The third-order valence-electron chi connectivity index (χ3n) is 3.61. The Morgan fingerprint density at radius 3 is 2.28 bits per heavy atom. The summed E-state index contributed by atoms with van der Waals surface area (Å²) >= 11 is 0. The Hall–Kier alpha value is -3.22. The molecule has 0 radical (unpaired) electrons. The maximum atomic E-state index is 12.4. The zero-order chi connectivity index (χ0) is 18.4. The van der Waals surface area contributed by atoms with Crippen LogP contribution in [0.2, 0.25) is 0 Å². The Morgan fingerprint density at radius 2 is 1.72 bits per heavy atom. The zero-order valence-corrected chi connectivity index (χ0v) is 14.3. The van der Waals surface area contributed by atoms with Crippen molar-refractivity contribution in [2.45, 2.75) is 13.0 Å². The van der Waals surface area contributed by atoms with Crippen molar-refractivity contribution in [3.8, 4) is 11.5 Å². The highest BCUT2D eigenvalue weighted by Gasteiger charge is 2.15. The lowest BCUT2D eigenvalue weighted by molar-refractivity contribution is -0.116. The summed E-state index contributed by atoms with van der Waals surface area (Å²) in [5.74, 6) is 0.499. The fourth-order valence-electron chi connectivity index (χ4n) is 2.19. The number of carbonyl (C=O) groups excluding carboxylic acids is 2. The van der Waals surface area contributed by atoms with Crippen molar-refractivity contribution in [2.75, 3.05) is 24.9 Å². The molecule has 25 heavy (non-hydrogen) atoms. The number of nitrogens with one attached hydrogen (secondary N) is 2. The highest BCUT2D eigenvalue weighted by molar-refractivity contribution is 5.97. The van der Waals surface area contributed by atoms with Crippen LogP contribution >= 0.6 is 0 Å². The number of carbonyl (C=O) groups is 2. The van der Waals surface area contributed by atoms with E-state index in [1.807, 2.05) is 0 Å². The van der Waals surface area contributed by atoms with Gasteiger partial charge in [0.15, 0.2) is 0 Å². The van der Waals surface area contributed by atoms with Crippen LogP contribution in [0, 0.1) is 0 Å². The van der Waals surface area contributed by atoms with E-state index in [0.29, 0.717) is 28.4 Å². The SMILES string of the molecule is COc1ccc(OC)c(NC(C)C(=O)Nc2ccc(C(N)=O)cc2)c1. The van der Waals surface area contributed by atoms with E-state index >= 15 is 0 Å². The van der Waals surface area contributed by atoms with Crippen LogP contribution in [0.1, 0.15) is 17.3 Å². The van der Waals surface area contributed by atoms with Crippen molar-refractivity contribution in [1.82, 2.24) is 0 Å². The number of hydrogen-bond donors (Lipinski definition) is 3. The Balaban J connectivity index is 2.06. The highest BCUT2D eigenvalue weighted by Crippen LogP contribution is 2.29. The molecule has 0 aliphatic heterocycles. The lowest BCUT2D eigenvalue weighted by Crippen LogP contribution is -2.32. The second-order valence-corrected chi connectivity index (χ2v) is 5.36. The van der Waals surface area contributed by atoms with E-state index in [2.05, 4.69) is 10.6 Å². The molecule has 0 saturated heterocycles. The second kappa shape index (κ2) is 8.05. The average molecular weight is 343 g/mol. The number of primary amides is 1. The molecule has 132 valence electrons. The minimum Gasteiger partial charge on any atom is -0.497 e. The largest absolute Gasteiger partial charge is 0.497 e. The summed E-state index contributed by atoms with van der Waals surface area (Å²) in [6.07, 6.45) is 0. The van der Waals surface area contributed by atoms with Gasteiger partial charge < -0.3 is 25.8 Å². The molecule has 2 rings (SSSR count). The highest BCUT2D eigenvalue weighted by atomic mass is 16.5. The number of amides is 2. The first kappa shape index (κ1) is 18.1. The predicted molar refractivity (Wildman–Crippen MR) is 96.2 cm³/mol. The van der Waals surface area contributed by atoms with Crippen LogP contribution in [0.3, 0.4) is 0 Å². The third-order valence-corrected chi connectivity index (χ3v) is 3.61. The molecular formula is C18H21N3O4.